The van der Waals surface area contributed by atoms with Gasteiger partial charge in [-0.15, -0.1) is 0 Å². The van der Waals surface area contributed by atoms with Gasteiger partial charge in [0.15, 0.2) is 16.6 Å². The zero-order valence-electron chi connectivity index (χ0n) is 22.1. The molecule has 7 heteroatoms. The third kappa shape index (κ3) is 13.9. The van der Waals surface area contributed by atoms with Gasteiger partial charge in [-0.1, -0.05) is 31.9 Å². The van der Waals surface area contributed by atoms with E-state index in [2.05, 4.69) is 58.4 Å². The summed E-state index contributed by atoms with van der Waals surface area (Å²) < 4.78 is 24.0. The minimum atomic E-state index is -1.64. The Hall–Kier alpha value is -0.476. The second kappa shape index (κ2) is 14.7. The summed E-state index contributed by atoms with van der Waals surface area (Å²) in [4.78, 5) is 11.3. The maximum Gasteiger partial charge on any atom is 0.305 e. The smallest absolute Gasteiger partial charge is 0.305 e. The van der Waals surface area contributed by atoms with Gasteiger partial charge in [-0.05, 0) is 84.2 Å². The summed E-state index contributed by atoms with van der Waals surface area (Å²) in [6.07, 6.45) is 15.3. The Balaban J connectivity index is 2.56. The first-order valence-electron chi connectivity index (χ1n) is 12.7. The van der Waals surface area contributed by atoms with Crippen LogP contribution in [-0.2, 0) is 23.1 Å². The van der Waals surface area contributed by atoms with Crippen LogP contribution in [-0.4, -0.2) is 54.1 Å². The van der Waals surface area contributed by atoms with Crippen molar-refractivity contribution in [3.8, 4) is 0 Å². The third-order valence-corrected chi connectivity index (χ3v) is 7.65. The Morgan fingerprint density at radius 2 is 1.62 bits per heavy atom. The van der Waals surface area contributed by atoms with E-state index < -0.39 is 16.6 Å². The van der Waals surface area contributed by atoms with Gasteiger partial charge in [0.1, 0.15) is 0 Å². The summed E-state index contributed by atoms with van der Waals surface area (Å²) in [6.45, 7) is 15.7. The van der Waals surface area contributed by atoms with Gasteiger partial charge in [-0.25, -0.2) is 0 Å². The molecule has 0 saturated carbocycles. The van der Waals surface area contributed by atoms with Crippen molar-refractivity contribution in [2.75, 3.05) is 7.11 Å². The maximum atomic E-state index is 11.3. The lowest BCUT2D eigenvalue weighted by molar-refractivity contribution is -0.140. The van der Waals surface area contributed by atoms with E-state index in [1.54, 1.807) is 0 Å². The van der Waals surface area contributed by atoms with Crippen LogP contribution in [0.3, 0.4) is 0 Å². The van der Waals surface area contributed by atoms with Crippen LogP contribution in [0.5, 0.6) is 0 Å². The van der Waals surface area contributed by atoms with Crippen molar-refractivity contribution in [1.82, 2.24) is 0 Å². The van der Waals surface area contributed by atoms with E-state index in [0.29, 0.717) is 12.5 Å². The first-order valence-corrected chi connectivity index (χ1v) is 19.5. The van der Waals surface area contributed by atoms with Crippen molar-refractivity contribution in [3.63, 3.8) is 0 Å². The van der Waals surface area contributed by atoms with Crippen LogP contribution in [0, 0.1) is 0 Å². The molecule has 1 fully saturated rings. The van der Waals surface area contributed by atoms with Crippen molar-refractivity contribution in [2.45, 2.75) is 135 Å². The molecule has 0 aromatic carbocycles. The van der Waals surface area contributed by atoms with Crippen LogP contribution < -0.4 is 0 Å². The Kier molecular flexibility index (Phi) is 13.6. The largest absolute Gasteiger partial charge is 0.469 e. The SMILES string of the molecule is CCC1CCC(C(C/C=C\CC(CCCCCC(=O)OC)O[Si](C)(C)C)O[Si](C)(C)C)O1. The molecule has 4 atom stereocenters. The monoisotopic (exact) mass is 486 g/mol. The van der Waals surface area contributed by atoms with Crippen molar-refractivity contribution < 1.29 is 23.1 Å². The lowest BCUT2D eigenvalue weighted by atomic mass is 10.0. The Morgan fingerprint density at radius 3 is 2.19 bits per heavy atom. The molecule has 5 nitrogen and oxygen atoms in total. The minimum absolute atomic E-state index is 0.116. The zero-order chi connectivity index (χ0) is 24.2. The second-order valence-electron chi connectivity index (χ2n) is 11.0. The van der Waals surface area contributed by atoms with Gasteiger partial charge in [-0.3, -0.25) is 4.79 Å². The maximum absolute atomic E-state index is 11.3. The number of unbranched alkanes of at least 4 members (excludes halogenated alkanes) is 2. The molecule has 0 amide bonds. The number of carbonyl (C=O) groups is 1. The molecule has 1 rings (SSSR count). The van der Waals surface area contributed by atoms with Crippen molar-refractivity contribution in [2.24, 2.45) is 0 Å². The van der Waals surface area contributed by atoms with Crippen LogP contribution in [0.25, 0.3) is 0 Å². The van der Waals surface area contributed by atoms with E-state index in [1.807, 2.05) is 0 Å². The molecule has 1 aliphatic heterocycles. The standard InChI is InChI=1S/C25H50O5Si2/c1-9-21-19-20-23(28-21)24(30-32(6,7)8)17-14-13-16-22(29-31(3,4)5)15-11-10-12-18-25(26)27-2/h13-14,21-24H,9-12,15-20H2,1-8H3/b14-13-. The van der Waals surface area contributed by atoms with Gasteiger partial charge in [0, 0.05) is 12.5 Å². The van der Waals surface area contributed by atoms with Gasteiger partial charge >= 0.3 is 5.97 Å². The Labute approximate surface area is 199 Å². The number of methoxy groups -OCH3 is 1. The normalized spacial score (nSPS) is 21.8. The van der Waals surface area contributed by atoms with Gasteiger partial charge in [-0.2, -0.15) is 0 Å². The number of hydrogen-bond donors (Lipinski definition) is 0. The lowest BCUT2D eigenvalue weighted by Gasteiger charge is -2.30. The second-order valence-corrected chi connectivity index (χ2v) is 19.9. The molecule has 0 radical (unpaired) electrons. The molecule has 32 heavy (non-hydrogen) atoms. The fraction of sp³-hybridized carbons (Fsp3) is 0.880. The number of carbonyl (C=O) groups excluding carboxylic acids is 1. The number of rotatable bonds is 16. The summed E-state index contributed by atoms with van der Waals surface area (Å²) >= 11 is 0. The average Bonchev–Trinajstić information content (AvgIpc) is 3.16. The van der Waals surface area contributed by atoms with Crippen LogP contribution in [0.1, 0.15) is 71.1 Å². The molecule has 0 spiro atoms. The van der Waals surface area contributed by atoms with Gasteiger partial charge in [0.2, 0.25) is 0 Å². The summed E-state index contributed by atoms with van der Waals surface area (Å²) in [7, 11) is -1.79. The van der Waals surface area contributed by atoms with Crippen LogP contribution >= 0.6 is 0 Å². The molecular formula is C25H50O5Si2. The molecule has 1 aliphatic rings. The first-order chi connectivity index (χ1) is 14.9. The topological polar surface area (TPSA) is 54.0 Å². The average molecular weight is 487 g/mol. The summed E-state index contributed by atoms with van der Waals surface area (Å²) in [5.41, 5.74) is 0. The van der Waals surface area contributed by atoms with Crippen molar-refractivity contribution >= 4 is 22.6 Å². The van der Waals surface area contributed by atoms with E-state index in [-0.39, 0.29) is 24.3 Å². The van der Waals surface area contributed by atoms with E-state index in [4.69, 9.17) is 18.3 Å². The van der Waals surface area contributed by atoms with Crippen LogP contribution in [0.2, 0.25) is 39.3 Å². The van der Waals surface area contributed by atoms with E-state index in [9.17, 15) is 4.79 Å². The minimum Gasteiger partial charge on any atom is -0.469 e. The number of esters is 1. The van der Waals surface area contributed by atoms with Gasteiger partial charge in [0.05, 0.1) is 25.4 Å². The summed E-state index contributed by atoms with van der Waals surface area (Å²) in [5.74, 6) is -0.116. The summed E-state index contributed by atoms with van der Waals surface area (Å²) in [5, 5.41) is 0. The molecule has 0 aromatic heterocycles. The predicted molar refractivity (Wildman–Crippen MR) is 138 cm³/mol. The fourth-order valence-electron chi connectivity index (χ4n) is 4.16. The number of hydrogen-bond acceptors (Lipinski definition) is 5. The quantitative estimate of drug-likeness (QED) is 0.103. The van der Waals surface area contributed by atoms with Crippen LogP contribution in [0.15, 0.2) is 12.2 Å². The van der Waals surface area contributed by atoms with E-state index in [0.717, 1.165) is 57.8 Å². The van der Waals surface area contributed by atoms with Crippen molar-refractivity contribution in [3.05, 3.63) is 12.2 Å². The Morgan fingerprint density at radius 1 is 0.969 bits per heavy atom. The molecule has 0 N–H and O–H groups in total. The Bertz CT molecular complexity index is 554. The molecule has 1 saturated heterocycles. The van der Waals surface area contributed by atoms with Gasteiger partial charge < -0.3 is 18.3 Å². The third-order valence-electron chi connectivity index (χ3n) is 5.60. The molecule has 0 bridgehead atoms. The molecular weight excluding hydrogens is 436 g/mol. The van der Waals surface area contributed by atoms with Crippen molar-refractivity contribution in [1.29, 1.82) is 0 Å². The molecule has 188 valence electrons. The first kappa shape index (κ1) is 29.6. The lowest BCUT2D eigenvalue weighted by Crippen LogP contribution is -2.39. The molecule has 0 aromatic rings. The van der Waals surface area contributed by atoms with E-state index >= 15 is 0 Å². The van der Waals surface area contributed by atoms with Crippen LogP contribution in [0.4, 0.5) is 0 Å². The summed E-state index contributed by atoms with van der Waals surface area (Å²) in [6, 6.07) is 0. The highest BCUT2D eigenvalue weighted by Crippen LogP contribution is 2.29. The van der Waals surface area contributed by atoms with E-state index in [1.165, 1.54) is 7.11 Å². The predicted octanol–water partition coefficient (Wildman–Crippen LogP) is 6.84. The zero-order valence-corrected chi connectivity index (χ0v) is 24.1. The highest BCUT2D eigenvalue weighted by atomic mass is 28.4. The van der Waals surface area contributed by atoms with Gasteiger partial charge in [0.25, 0.3) is 0 Å². The highest BCUT2D eigenvalue weighted by Gasteiger charge is 2.33. The molecule has 0 aliphatic carbocycles. The highest BCUT2D eigenvalue weighted by molar-refractivity contribution is 6.70. The molecule has 1 heterocycles. The number of ether oxygens (including phenoxy) is 2. The molecule has 4 unspecified atom stereocenters. The fourth-order valence-corrected chi connectivity index (χ4v) is 6.53.